The van der Waals surface area contributed by atoms with E-state index < -0.39 is 0 Å². The van der Waals surface area contributed by atoms with Crippen molar-refractivity contribution in [3.05, 3.63) is 65.2 Å². The van der Waals surface area contributed by atoms with Crippen LogP contribution in [-0.2, 0) is 17.6 Å². The molecule has 142 valence electrons. The van der Waals surface area contributed by atoms with Gasteiger partial charge in [0.15, 0.2) is 0 Å². The van der Waals surface area contributed by atoms with Crippen LogP contribution in [0.5, 0.6) is 5.75 Å². The summed E-state index contributed by atoms with van der Waals surface area (Å²) in [4.78, 5) is 12.8. The molecule has 1 aliphatic heterocycles. The van der Waals surface area contributed by atoms with Crippen molar-refractivity contribution in [2.45, 2.75) is 69.9 Å². The molecule has 2 aromatic rings. The molecule has 0 saturated heterocycles. The Labute approximate surface area is 162 Å². The van der Waals surface area contributed by atoms with Crippen molar-refractivity contribution in [3.63, 3.8) is 0 Å². The quantitative estimate of drug-likeness (QED) is 0.817. The number of nitrogens with one attached hydrogen (secondary N) is 1. The van der Waals surface area contributed by atoms with Crippen LogP contribution in [-0.4, -0.2) is 11.5 Å². The van der Waals surface area contributed by atoms with E-state index in [2.05, 4.69) is 42.6 Å². The molecule has 1 atom stereocenters. The predicted molar refractivity (Wildman–Crippen MR) is 108 cm³/mol. The number of fused-ring (bicyclic) bond motifs is 1. The maximum atomic E-state index is 12.8. The van der Waals surface area contributed by atoms with Crippen molar-refractivity contribution in [2.75, 3.05) is 0 Å². The lowest BCUT2D eigenvalue weighted by molar-refractivity contribution is -0.122. The van der Waals surface area contributed by atoms with E-state index in [9.17, 15) is 4.79 Å². The van der Waals surface area contributed by atoms with Gasteiger partial charge in [-0.25, -0.2) is 0 Å². The number of aryl methyl sites for hydroxylation is 1. The second-order valence-electron chi connectivity index (χ2n) is 8.05. The van der Waals surface area contributed by atoms with Crippen molar-refractivity contribution in [3.8, 4) is 5.75 Å². The number of hydrogen-bond acceptors (Lipinski definition) is 2. The molecule has 27 heavy (non-hydrogen) atoms. The Morgan fingerprint density at radius 1 is 1.04 bits per heavy atom. The molecule has 3 nitrogen and oxygen atoms in total. The van der Waals surface area contributed by atoms with Gasteiger partial charge in [-0.05, 0) is 49.3 Å². The van der Waals surface area contributed by atoms with Crippen LogP contribution in [0.2, 0.25) is 0 Å². The largest absolute Gasteiger partial charge is 0.487 e. The van der Waals surface area contributed by atoms with Crippen LogP contribution in [0, 0.1) is 0 Å². The van der Waals surface area contributed by atoms with Crippen LogP contribution in [0.4, 0.5) is 0 Å². The Morgan fingerprint density at radius 2 is 1.74 bits per heavy atom. The Bertz CT molecular complexity index is 790. The molecule has 0 radical (unpaired) electrons. The molecule has 1 fully saturated rings. The maximum absolute atomic E-state index is 12.8. The highest BCUT2D eigenvalue weighted by atomic mass is 16.5. The summed E-state index contributed by atoms with van der Waals surface area (Å²) in [7, 11) is 0. The topological polar surface area (TPSA) is 38.3 Å². The number of carbonyl (C=O) groups is 1. The molecule has 1 heterocycles. The van der Waals surface area contributed by atoms with Crippen molar-refractivity contribution in [1.29, 1.82) is 0 Å². The van der Waals surface area contributed by atoms with E-state index >= 15 is 0 Å². The zero-order chi connectivity index (χ0) is 18.7. The summed E-state index contributed by atoms with van der Waals surface area (Å²) in [5.41, 5.74) is 3.38. The normalized spacial score (nSPS) is 20.6. The minimum atomic E-state index is -0.104. The van der Waals surface area contributed by atoms with Crippen molar-refractivity contribution >= 4 is 5.91 Å². The van der Waals surface area contributed by atoms with E-state index in [-0.39, 0.29) is 17.6 Å². The van der Waals surface area contributed by atoms with Gasteiger partial charge in [-0.15, -0.1) is 0 Å². The highest BCUT2D eigenvalue weighted by molar-refractivity contribution is 5.79. The standard InChI is InChI=1S/C24H29NO2/c1-2-18-10-12-19(13-11-18)16-23(26)25-21-17-24(14-6-3-7-15-24)27-22-9-5-4-8-20(21)22/h4-5,8-13,21H,2-3,6-7,14-17H2,1H3,(H,25,26). The molecule has 0 aromatic heterocycles. The molecule has 1 amide bonds. The average Bonchev–Trinajstić information content (AvgIpc) is 2.69. The molecule has 1 aliphatic carbocycles. The SMILES string of the molecule is CCc1ccc(CC(=O)NC2CC3(CCCCC3)Oc3ccccc32)cc1. The van der Waals surface area contributed by atoms with E-state index in [0.29, 0.717) is 6.42 Å². The van der Waals surface area contributed by atoms with E-state index in [0.717, 1.165) is 42.6 Å². The van der Waals surface area contributed by atoms with Gasteiger partial charge in [0.05, 0.1) is 12.5 Å². The first kappa shape index (κ1) is 18.1. The zero-order valence-electron chi connectivity index (χ0n) is 16.2. The summed E-state index contributed by atoms with van der Waals surface area (Å²) >= 11 is 0. The van der Waals surface area contributed by atoms with E-state index in [1.54, 1.807) is 0 Å². The summed E-state index contributed by atoms with van der Waals surface area (Å²) < 4.78 is 6.46. The Balaban J connectivity index is 1.49. The molecule has 1 spiro atoms. The number of para-hydroxylation sites is 1. The third kappa shape index (κ3) is 4.02. The van der Waals surface area contributed by atoms with Gasteiger partial charge < -0.3 is 10.1 Å². The molecular weight excluding hydrogens is 334 g/mol. The van der Waals surface area contributed by atoms with Gasteiger partial charge in [0.2, 0.25) is 5.91 Å². The lowest BCUT2D eigenvalue weighted by Crippen LogP contribution is -2.46. The van der Waals surface area contributed by atoms with E-state index in [4.69, 9.17) is 4.74 Å². The van der Waals surface area contributed by atoms with Crippen molar-refractivity contribution in [2.24, 2.45) is 0 Å². The minimum absolute atomic E-state index is 0.0375. The monoisotopic (exact) mass is 363 g/mol. The Hall–Kier alpha value is -2.29. The Morgan fingerprint density at radius 3 is 2.48 bits per heavy atom. The first-order chi connectivity index (χ1) is 13.2. The van der Waals surface area contributed by atoms with Gasteiger partial charge in [-0.3, -0.25) is 4.79 Å². The molecule has 1 unspecified atom stereocenters. The average molecular weight is 364 g/mol. The van der Waals surface area contributed by atoms with Gasteiger partial charge in [0.1, 0.15) is 11.4 Å². The summed E-state index contributed by atoms with van der Waals surface area (Å²) in [6.45, 7) is 2.14. The van der Waals surface area contributed by atoms with Gasteiger partial charge in [-0.2, -0.15) is 0 Å². The number of amides is 1. The fourth-order valence-electron chi connectivity index (χ4n) is 4.57. The third-order valence-corrected chi connectivity index (χ3v) is 6.09. The van der Waals surface area contributed by atoms with Crippen LogP contribution in [0.3, 0.4) is 0 Å². The molecular formula is C24H29NO2. The molecule has 1 N–H and O–H groups in total. The molecule has 3 heteroatoms. The number of benzene rings is 2. The molecule has 2 aromatic carbocycles. The first-order valence-corrected chi connectivity index (χ1v) is 10.3. The third-order valence-electron chi connectivity index (χ3n) is 6.09. The van der Waals surface area contributed by atoms with Crippen LogP contribution >= 0.6 is 0 Å². The number of ether oxygens (including phenoxy) is 1. The van der Waals surface area contributed by atoms with Gasteiger partial charge in [0, 0.05) is 12.0 Å². The summed E-state index contributed by atoms with van der Waals surface area (Å²) in [5.74, 6) is 1.04. The van der Waals surface area contributed by atoms with Crippen LogP contribution in [0.15, 0.2) is 48.5 Å². The maximum Gasteiger partial charge on any atom is 0.224 e. The van der Waals surface area contributed by atoms with E-state index in [1.165, 1.54) is 24.8 Å². The lowest BCUT2D eigenvalue weighted by Gasteiger charge is -2.44. The molecule has 2 aliphatic rings. The fraction of sp³-hybridized carbons (Fsp3) is 0.458. The smallest absolute Gasteiger partial charge is 0.224 e. The second-order valence-corrected chi connectivity index (χ2v) is 8.05. The zero-order valence-corrected chi connectivity index (χ0v) is 16.2. The van der Waals surface area contributed by atoms with Gasteiger partial charge in [0.25, 0.3) is 0 Å². The van der Waals surface area contributed by atoms with Crippen LogP contribution in [0.1, 0.15) is 68.2 Å². The lowest BCUT2D eigenvalue weighted by atomic mass is 9.77. The Kier molecular flexibility index (Phi) is 5.20. The van der Waals surface area contributed by atoms with Crippen LogP contribution < -0.4 is 10.1 Å². The highest BCUT2D eigenvalue weighted by Gasteiger charge is 2.42. The summed E-state index contributed by atoms with van der Waals surface area (Å²) in [5, 5.41) is 3.30. The molecule has 0 bridgehead atoms. The van der Waals surface area contributed by atoms with Crippen molar-refractivity contribution < 1.29 is 9.53 Å². The summed E-state index contributed by atoms with van der Waals surface area (Å²) in [6.07, 6.45) is 8.23. The van der Waals surface area contributed by atoms with Gasteiger partial charge in [-0.1, -0.05) is 55.8 Å². The van der Waals surface area contributed by atoms with Crippen molar-refractivity contribution in [1.82, 2.24) is 5.32 Å². The highest BCUT2D eigenvalue weighted by Crippen LogP contribution is 2.46. The predicted octanol–water partition coefficient (Wildman–Crippen LogP) is 5.13. The molecule has 1 saturated carbocycles. The second kappa shape index (κ2) is 7.75. The number of rotatable bonds is 4. The fourth-order valence-corrected chi connectivity index (χ4v) is 4.57. The summed E-state index contributed by atoms with van der Waals surface area (Å²) in [6, 6.07) is 16.6. The molecule has 4 rings (SSSR count). The van der Waals surface area contributed by atoms with Crippen LogP contribution in [0.25, 0.3) is 0 Å². The van der Waals surface area contributed by atoms with Gasteiger partial charge >= 0.3 is 0 Å². The van der Waals surface area contributed by atoms with E-state index in [1.807, 2.05) is 18.2 Å². The first-order valence-electron chi connectivity index (χ1n) is 10.3. The number of carbonyl (C=O) groups excluding carboxylic acids is 1. The minimum Gasteiger partial charge on any atom is -0.487 e. The number of hydrogen-bond donors (Lipinski definition) is 1.